The molecule has 3 nitrogen and oxygen atoms in total. The number of pyridine rings is 1. The number of hydrogen-bond donors (Lipinski definition) is 1. The summed E-state index contributed by atoms with van der Waals surface area (Å²) in [6.07, 6.45) is 3.61. The topological polar surface area (TPSA) is 36.4 Å². The van der Waals surface area contributed by atoms with Crippen LogP contribution < -0.4 is 0 Å². The highest BCUT2D eigenvalue weighted by Gasteiger charge is 2.53. The van der Waals surface area contributed by atoms with Gasteiger partial charge in [0.1, 0.15) is 0 Å². The maximum Gasteiger partial charge on any atom is 0.218 e. The first-order valence-corrected chi connectivity index (χ1v) is 10.9. The number of aromatic nitrogens is 1. The van der Waals surface area contributed by atoms with Crippen molar-refractivity contribution in [2.75, 3.05) is 19.6 Å². The minimum atomic E-state index is -1.13. The zero-order valence-electron chi connectivity index (χ0n) is 16.9. The Morgan fingerprint density at radius 1 is 0.900 bits per heavy atom. The summed E-state index contributed by atoms with van der Waals surface area (Å²) in [5, 5.41) is 11.1. The molecule has 2 aromatic carbocycles. The van der Waals surface area contributed by atoms with E-state index in [9.17, 15) is 9.50 Å². The van der Waals surface area contributed by atoms with Crippen molar-refractivity contribution in [2.24, 2.45) is 0 Å². The van der Waals surface area contributed by atoms with Gasteiger partial charge in [-0.15, -0.1) is 0 Å². The van der Waals surface area contributed by atoms with E-state index < -0.39 is 11.5 Å². The number of fused-ring (bicyclic) bond motifs is 8. The summed E-state index contributed by atoms with van der Waals surface area (Å²) in [6, 6.07) is 21.2. The number of benzene rings is 2. The van der Waals surface area contributed by atoms with Crippen molar-refractivity contribution in [1.29, 1.82) is 0 Å². The monoisotopic (exact) mass is 400 g/mol. The molecule has 0 unspecified atom stereocenters. The minimum Gasteiger partial charge on any atom is -0.385 e. The third-order valence-electron chi connectivity index (χ3n) is 7.69. The molecule has 0 radical (unpaired) electrons. The van der Waals surface area contributed by atoms with Crippen LogP contribution in [0.5, 0.6) is 0 Å². The van der Waals surface area contributed by atoms with Crippen molar-refractivity contribution in [3.8, 4) is 0 Å². The smallest absolute Gasteiger partial charge is 0.218 e. The standard InChI is InChI=1S/C26H25FN2O/c27-24-23(10-5-13-28-24)26(30)11-14-29(15-12-26)17-25-16-20(18-6-1-3-8-21(18)25)19-7-2-4-9-22(19)25/h1-10,13,20,30H,11-12,14-17H2. The minimum absolute atomic E-state index is 0.0207. The van der Waals surface area contributed by atoms with Crippen molar-refractivity contribution in [2.45, 2.75) is 36.2 Å². The van der Waals surface area contributed by atoms with Gasteiger partial charge >= 0.3 is 0 Å². The first-order valence-electron chi connectivity index (χ1n) is 10.9. The van der Waals surface area contributed by atoms with Crippen LogP contribution in [-0.4, -0.2) is 34.6 Å². The average Bonchev–Trinajstić information content (AvgIpc) is 3.28. The molecule has 0 spiro atoms. The summed E-state index contributed by atoms with van der Waals surface area (Å²) < 4.78 is 14.2. The van der Waals surface area contributed by atoms with Gasteiger partial charge in [0.25, 0.3) is 0 Å². The average molecular weight is 400 g/mol. The van der Waals surface area contributed by atoms with E-state index in [-0.39, 0.29) is 5.41 Å². The predicted octanol–water partition coefficient (Wildman–Crippen LogP) is 4.34. The number of aliphatic hydroxyl groups is 1. The predicted molar refractivity (Wildman–Crippen MR) is 114 cm³/mol. The lowest BCUT2D eigenvalue weighted by Crippen LogP contribution is -2.48. The van der Waals surface area contributed by atoms with E-state index in [1.54, 1.807) is 12.1 Å². The fourth-order valence-corrected chi connectivity index (χ4v) is 6.27. The molecule has 1 saturated heterocycles. The molecule has 1 aromatic heterocycles. The molecule has 1 N–H and O–H groups in total. The maximum absolute atomic E-state index is 14.2. The van der Waals surface area contributed by atoms with Crippen molar-refractivity contribution in [1.82, 2.24) is 9.88 Å². The molecule has 1 fully saturated rings. The van der Waals surface area contributed by atoms with E-state index in [1.165, 1.54) is 28.5 Å². The fourth-order valence-electron chi connectivity index (χ4n) is 6.27. The fraction of sp³-hybridized carbons (Fsp3) is 0.346. The molecule has 2 aliphatic carbocycles. The lowest BCUT2D eigenvalue weighted by molar-refractivity contribution is -0.0319. The van der Waals surface area contributed by atoms with Crippen LogP contribution in [0.1, 0.15) is 53.0 Å². The van der Waals surface area contributed by atoms with E-state index in [2.05, 4.69) is 58.4 Å². The SMILES string of the molecule is OC1(c2cccnc2F)CCN(CC23CC(c4ccccc42)c2ccccc23)CC1. The van der Waals surface area contributed by atoms with Crippen molar-refractivity contribution in [3.05, 3.63) is 101 Å². The summed E-state index contributed by atoms with van der Waals surface area (Å²) in [4.78, 5) is 6.20. The summed E-state index contributed by atoms with van der Waals surface area (Å²) in [6.45, 7) is 2.45. The molecular formula is C26H25FN2O. The highest BCUT2D eigenvalue weighted by atomic mass is 19.1. The molecule has 6 rings (SSSR count). The second-order valence-electron chi connectivity index (χ2n) is 9.16. The first kappa shape index (κ1) is 18.2. The van der Waals surface area contributed by atoms with E-state index in [0.29, 0.717) is 24.3 Å². The molecule has 30 heavy (non-hydrogen) atoms. The molecule has 3 aliphatic rings. The number of piperidine rings is 1. The van der Waals surface area contributed by atoms with E-state index in [1.807, 2.05) is 0 Å². The summed E-state index contributed by atoms with van der Waals surface area (Å²) >= 11 is 0. The summed E-state index contributed by atoms with van der Waals surface area (Å²) in [7, 11) is 0. The van der Waals surface area contributed by atoms with Gasteiger partial charge in [0.2, 0.25) is 5.95 Å². The quantitative estimate of drug-likeness (QED) is 0.665. The molecule has 2 bridgehead atoms. The molecule has 0 amide bonds. The second-order valence-corrected chi connectivity index (χ2v) is 9.16. The Hall–Kier alpha value is -2.56. The largest absolute Gasteiger partial charge is 0.385 e. The normalized spacial score (nSPS) is 26.4. The van der Waals surface area contributed by atoms with Gasteiger partial charge in [-0.2, -0.15) is 4.39 Å². The van der Waals surface area contributed by atoms with Crippen LogP contribution in [0.15, 0.2) is 66.9 Å². The third kappa shape index (κ3) is 2.47. The van der Waals surface area contributed by atoms with Gasteiger partial charge in [0, 0.05) is 42.7 Å². The molecule has 2 heterocycles. The van der Waals surface area contributed by atoms with Crippen LogP contribution in [0.25, 0.3) is 0 Å². The third-order valence-corrected chi connectivity index (χ3v) is 7.69. The highest BCUT2D eigenvalue weighted by molar-refractivity contribution is 5.62. The summed E-state index contributed by atoms with van der Waals surface area (Å²) in [5.41, 5.74) is 5.11. The van der Waals surface area contributed by atoms with Gasteiger partial charge in [0.05, 0.1) is 5.60 Å². The van der Waals surface area contributed by atoms with E-state index in [4.69, 9.17) is 0 Å². The van der Waals surface area contributed by atoms with Crippen LogP contribution >= 0.6 is 0 Å². The van der Waals surface area contributed by atoms with Crippen LogP contribution in [0.3, 0.4) is 0 Å². The van der Waals surface area contributed by atoms with Gasteiger partial charge in [0.15, 0.2) is 0 Å². The molecule has 152 valence electrons. The zero-order valence-corrected chi connectivity index (χ0v) is 16.9. The van der Waals surface area contributed by atoms with Gasteiger partial charge < -0.3 is 10.0 Å². The number of rotatable bonds is 3. The Morgan fingerprint density at radius 2 is 1.50 bits per heavy atom. The van der Waals surface area contributed by atoms with Crippen molar-refractivity contribution < 1.29 is 9.50 Å². The van der Waals surface area contributed by atoms with Gasteiger partial charge in [-0.25, -0.2) is 4.98 Å². The number of nitrogens with zero attached hydrogens (tertiary/aromatic N) is 2. The first-order chi connectivity index (χ1) is 14.6. The van der Waals surface area contributed by atoms with Gasteiger partial charge in [-0.05, 0) is 47.6 Å². The molecule has 4 heteroatoms. The maximum atomic E-state index is 14.2. The number of halogens is 1. The lowest BCUT2D eigenvalue weighted by atomic mass is 9.74. The molecule has 3 aromatic rings. The van der Waals surface area contributed by atoms with Crippen LogP contribution in [0.2, 0.25) is 0 Å². The van der Waals surface area contributed by atoms with Crippen LogP contribution in [0, 0.1) is 5.95 Å². The van der Waals surface area contributed by atoms with Crippen LogP contribution in [0.4, 0.5) is 4.39 Å². The highest BCUT2D eigenvalue weighted by Crippen LogP contribution is 2.60. The zero-order chi connectivity index (χ0) is 20.3. The summed E-state index contributed by atoms with van der Waals surface area (Å²) in [5.74, 6) is -0.0621. The Balaban J connectivity index is 1.30. The van der Waals surface area contributed by atoms with E-state index in [0.717, 1.165) is 26.1 Å². The Kier molecular flexibility index (Phi) is 3.93. The van der Waals surface area contributed by atoms with Gasteiger partial charge in [-0.3, -0.25) is 0 Å². The van der Waals surface area contributed by atoms with Gasteiger partial charge in [-0.1, -0.05) is 54.6 Å². The van der Waals surface area contributed by atoms with Crippen molar-refractivity contribution >= 4 is 0 Å². The van der Waals surface area contributed by atoms with Crippen molar-refractivity contribution in [3.63, 3.8) is 0 Å². The molecular weight excluding hydrogens is 375 g/mol. The number of hydrogen-bond acceptors (Lipinski definition) is 3. The second kappa shape index (κ2) is 6.47. The Morgan fingerprint density at radius 3 is 2.13 bits per heavy atom. The lowest BCUT2D eigenvalue weighted by Gasteiger charge is -2.42. The molecule has 0 atom stereocenters. The molecule has 1 aliphatic heterocycles. The molecule has 0 saturated carbocycles. The Labute approximate surface area is 176 Å². The van der Waals surface area contributed by atoms with E-state index >= 15 is 0 Å². The Bertz CT molecular complexity index is 1070. The number of likely N-dealkylation sites (tertiary alicyclic amines) is 1. The van der Waals surface area contributed by atoms with Crippen LogP contribution in [-0.2, 0) is 11.0 Å².